The SMILES string of the molecule is O=C(CCc1nc2ccccc2o1)Nc1nc(-c2ccc3c(c2)OCO3)cs1. The quantitative estimate of drug-likeness (QED) is 0.545. The van der Waals surface area contributed by atoms with Gasteiger partial charge in [-0.05, 0) is 30.3 Å². The molecular weight excluding hydrogens is 378 g/mol. The third-order valence-corrected chi connectivity index (χ3v) is 5.08. The van der Waals surface area contributed by atoms with Gasteiger partial charge in [0.1, 0.15) is 5.52 Å². The van der Waals surface area contributed by atoms with E-state index in [1.807, 2.05) is 47.8 Å². The second kappa shape index (κ2) is 6.97. The van der Waals surface area contributed by atoms with Crippen LogP contribution in [0.3, 0.4) is 0 Å². The lowest BCUT2D eigenvalue weighted by Crippen LogP contribution is -2.12. The molecule has 0 radical (unpaired) electrons. The van der Waals surface area contributed by atoms with E-state index in [4.69, 9.17) is 13.9 Å². The molecule has 1 aliphatic rings. The molecule has 0 aliphatic carbocycles. The van der Waals surface area contributed by atoms with Gasteiger partial charge in [0.05, 0.1) is 5.69 Å². The largest absolute Gasteiger partial charge is 0.454 e. The monoisotopic (exact) mass is 393 g/mol. The molecule has 8 heteroatoms. The van der Waals surface area contributed by atoms with Gasteiger partial charge in [-0.15, -0.1) is 11.3 Å². The van der Waals surface area contributed by atoms with Crippen LogP contribution in [0, 0.1) is 0 Å². The molecule has 7 nitrogen and oxygen atoms in total. The summed E-state index contributed by atoms with van der Waals surface area (Å²) in [6, 6.07) is 13.2. The van der Waals surface area contributed by atoms with E-state index in [-0.39, 0.29) is 19.1 Å². The summed E-state index contributed by atoms with van der Waals surface area (Å²) in [5, 5.41) is 5.28. The Kier molecular flexibility index (Phi) is 4.17. The van der Waals surface area contributed by atoms with Crippen LogP contribution >= 0.6 is 11.3 Å². The molecule has 0 fully saturated rings. The predicted molar refractivity (Wildman–Crippen MR) is 105 cm³/mol. The highest BCUT2D eigenvalue weighted by Gasteiger charge is 2.16. The first-order valence-electron chi connectivity index (χ1n) is 8.74. The van der Waals surface area contributed by atoms with Crippen molar-refractivity contribution in [2.24, 2.45) is 0 Å². The number of ether oxygens (including phenoxy) is 2. The normalized spacial score (nSPS) is 12.4. The first-order chi connectivity index (χ1) is 13.7. The van der Waals surface area contributed by atoms with Crippen molar-refractivity contribution in [3.63, 3.8) is 0 Å². The first kappa shape index (κ1) is 16.8. The lowest BCUT2D eigenvalue weighted by atomic mass is 10.1. The maximum absolute atomic E-state index is 12.2. The van der Waals surface area contributed by atoms with Gasteiger partial charge in [0, 0.05) is 23.8 Å². The van der Waals surface area contributed by atoms with Crippen molar-refractivity contribution in [1.82, 2.24) is 9.97 Å². The highest BCUT2D eigenvalue weighted by Crippen LogP contribution is 2.36. The number of rotatable bonds is 5. The Labute approximate surface area is 163 Å². The van der Waals surface area contributed by atoms with Gasteiger partial charge in [-0.2, -0.15) is 0 Å². The zero-order chi connectivity index (χ0) is 18.9. The molecule has 2 aromatic heterocycles. The first-order valence-corrected chi connectivity index (χ1v) is 9.62. The number of nitrogens with zero attached hydrogens (tertiary/aromatic N) is 2. The van der Waals surface area contributed by atoms with Crippen LogP contribution in [0.2, 0.25) is 0 Å². The Hall–Kier alpha value is -3.39. The van der Waals surface area contributed by atoms with Gasteiger partial charge < -0.3 is 19.2 Å². The zero-order valence-corrected chi connectivity index (χ0v) is 15.5. The highest BCUT2D eigenvalue weighted by molar-refractivity contribution is 7.14. The zero-order valence-electron chi connectivity index (χ0n) is 14.7. The van der Waals surface area contributed by atoms with E-state index in [0.29, 0.717) is 23.2 Å². The van der Waals surface area contributed by atoms with Gasteiger partial charge in [0.25, 0.3) is 0 Å². The predicted octanol–water partition coefficient (Wildman–Crippen LogP) is 4.25. The van der Waals surface area contributed by atoms with E-state index in [0.717, 1.165) is 28.1 Å². The molecular formula is C20H15N3O4S. The van der Waals surface area contributed by atoms with Crippen molar-refractivity contribution in [2.45, 2.75) is 12.8 Å². The van der Waals surface area contributed by atoms with Gasteiger partial charge in [0.15, 0.2) is 28.1 Å². The number of hydrogen-bond acceptors (Lipinski definition) is 7. The van der Waals surface area contributed by atoms with E-state index in [9.17, 15) is 4.79 Å². The molecule has 0 atom stereocenters. The number of oxazole rings is 1. The van der Waals surface area contributed by atoms with Crippen molar-refractivity contribution in [3.8, 4) is 22.8 Å². The van der Waals surface area contributed by atoms with Gasteiger partial charge in [-0.25, -0.2) is 9.97 Å². The molecule has 0 saturated heterocycles. The number of carbonyl (C=O) groups is 1. The molecule has 0 unspecified atom stereocenters. The summed E-state index contributed by atoms with van der Waals surface area (Å²) in [5.74, 6) is 1.85. The van der Waals surface area contributed by atoms with Crippen molar-refractivity contribution in [3.05, 3.63) is 53.7 Å². The Balaban J connectivity index is 1.22. The van der Waals surface area contributed by atoms with Gasteiger partial charge >= 0.3 is 0 Å². The molecule has 1 amide bonds. The number of para-hydroxylation sites is 2. The fourth-order valence-corrected chi connectivity index (χ4v) is 3.68. The second-order valence-electron chi connectivity index (χ2n) is 6.23. The van der Waals surface area contributed by atoms with E-state index < -0.39 is 0 Å². The number of benzene rings is 2. The van der Waals surface area contributed by atoms with Gasteiger partial charge in [-0.3, -0.25) is 4.79 Å². The highest BCUT2D eigenvalue weighted by atomic mass is 32.1. The maximum atomic E-state index is 12.2. The standard InChI is InChI=1S/C20H15N3O4S/c24-18(7-8-19-21-13-3-1-2-4-15(13)27-19)23-20-22-14(10-28-20)12-5-6-16-17(9-12)26-11-25-16/h1-6,9-10H,7-8,11H2,(H,22,23,24). The Morgan fingerprint density at radius 2 is 2.00 bits per heavy atom. The summed E-state index contributed by atoms with van der Waals surface area (Å²) in [4.78, 5) is 21.1. The topological polar surface area (TPSA) is 86.5 Å². The van der Waals surface area contributed by atoms with Crippen molar-refractivity contribution >= 4 is 33.5 Å². The molecule has 2 aromatic carbocycles. The fourth-order valence-electron chi connectivity index (χ4n) is 2.95. The summed E-state index contributed by atoms with van der Waals surface area (Å²) in [5.41, 5.74) is 3.21. The minimum atomic E-state index is -0.131. The smallest absolute Gasteiger partial charge is 0.231 e. The summed E-state index contributed by atoms with van der Waals surface area (Å²) in [6.45, 7) is 0.233. The van der Waals surface area contributed by atoms with Crippen molar-refractivity contribution in [1.29, 1.82) is 0 Å². The lowest BCUT2D eigenvalue weighted by molar-refractivity contribution is -0.116. The molecule has 4 aromatic rings. The molecule has 0 bridgehead atoms. The van der Waals surface area contributed by atoms with Crippen LogP contribution in [0.1, 0.15) is 12.3 Å². The fraction of sp³-hybridized carbons (Fsp3) is 0.150. The minimum absolute atomic E-state index is 0.131. The number of nitrogens with one attached hydrogen (secondary N) is 1. The summed E-state index contributed by atoms with van der Waals surface area (Å²) in [7, 11) is 0. The number of carbonyl (C=O) groups excluding carboxylic acids is 1. The third kappa shape index (κ3) is 3.29. The van der Waals surface area contributed by atoms with Crippen LogP contribution in [0.4, 0.5) is 5.13 Å². The molecule has 140 valence electrons. The average molecular weight is 393 g/mol. The molecule has 1 aliphatic heterocycles. The number of anilines is 1. The second-order valence-corrected chi connectivity index (χ2v) is 7.09. The van der Waals surface area contributed by atoms with Crippen molar-refractivity contribution < 1.29 is 18.7 Å². The van der Waals surface area contributed by atoms with Crippen LogP contribution in [-0.2, 0) is 11.2 Å². The van der Waals surface area contributed by atoms with Crippen molar-refractivity contribution in [2.75, 3.05) is 12.1 Å². The number of thiazole rings is 1. The van der Waals surface area contributed by atoms with E-state index in [2.05, 4.69) is 15.3 Å². The Morgan fingerprint density at radius 1 is 1.11 bits per heavy atom. The molecule has 0 saturated carbocycles. The summed E-state index contributed by atoms with van der Waals surface area (Å²) < 4.78 is 16.4. The molecule has 5 rings (SSSR count). The Bertz CT molecular complexity index is 1130. The number of amides is 1. The number of aryl methyl sites for hydroxylation is 1. The van der Waals surface area contributed by atoms with Crippen LogP contribution in [0.25, 0.3) is 22.4 Å². The van der Waals surface area contributed by atoms with E-state index >= 15 is 0 Å². The molecule has 28 heavy (non-hydrogen) atoms. The molecule has 3 heterocycles. The summed E-state index contributed by atoms with van der Waals surface area (Å²) in [6.07, 6.45) is 0.701. The minimum Gasteiger partial charge on any atom is -0.454 e. The van der Waals surface area contributed by atoms with Crippen LogP contribution < -0.4 is 14.8 Å². The third-order valence-electron chi connectivity index (χ3n) is 4.32. The Morgan fingerprint density at radius 3 is 2.93 bits per heavy atom. The van der Waals surface area contributed by atoms with Gasteiger partial charge in [-0.1, -0.05) is 12.1 Å². The lowest BCUT2D eigenvalue weighted by Gasteiger charge is -2.01. The van der Waals surface area contributed by atoms with Crippen LogP contribution in [-0.4, -0.2) is 22.7 Å². The van der Waals surface area contributed by atoms with Crippen LogP contribution in [0.5, 0.6) is 11.5 Å². The van der Waals surface area contributed by atoms with Gasteiger partial charge in [0.2, 0.25) is 12.7 Å². The number of hydrogen-bond donors (Lipinski definition) is 1. The van der Waals surface area contributed by atoms with E-state index in [1.54, 1.807) is 0 Å². The summed E-state index contributed by atoms with van der Waals surface area (Å²) >= 11 is 1.38. The maximum Gasteiger partial charge on any atom is 0.231 e. The molecule has 0 spiro atoms. The molecule has 1 N–H and O–H groups in total. The number of aromatic nitrogens is 2. The number of fused-ring (bicyclic) bond motifs is 2. The average Bonchev–Trinajstić information content (AvgIpc) is 3.44. The van der Waals surface area contributed by atoms with E-state index in [1.165, 1.54) is 11.3 Å². The van der Waals surface area contributed by atoms with Crippen LogP contribution in [0.15, 0.2) is 52.3 Å².